The van der Waals surface area contributed by atoms with E-state index >= 15 is 0 Å². The van der Waals surface area contributed by atoms with Crippen molar-refractivity contribution in [2.45, 2.75) is 20.3 Å². The van der Waals surface area contributed by atoms with E-state index in [1.54, 1.807) is 12.1 Å². The Bertz CT molecular complexity index is 1060. The number of esters is 1. The number of carbonyl (C=O) groups excluding carboxylic acids is 3. The van der Waals surface area contributed by atoms with Crippen LogP contribution in [0.5, 0.6) is 11.5 Å². The zero-order chi connectivity index (χ0) is 23.8. The normalized spacial score (nSPS) is 12.7. The van der Waals surface area contributed by atoms with Gasteiger partial charge in [-0.25, -0.2) is 4.79 Å². The minimum Gasteiger partial charge on any atom is -0.489 e. The molecule has 0 unspecified atom stereocenters. The molecule has 0 spiro atoms. The van der Waals surface area contributed by atoms with Crippen LogP contribution in [0.3, 0.4) is 0 Å². The Balaban J connectivity index is 1.44. The van der Waals surface area contributed by atoms with E-state index in [-0.39, 0.29) is 12.5 Å². The molecule has 0 radical (unpaired) electrons. The molecule has 0 fully saturated rings. The van der Waals surface area contributed by atoms with Crippen molar-refractivity contribution in [2.24, 2.45) is 0 Å². The Morgan fingerprint density at radius 1 is 1.09 bits per heavy atom. The van der Waals surface area contributed by atoms with E-state index in [0.29, 0.717) is 41.0 Å². The fourth-order valence-electron chi connectivity index (χ4n) is 3.12. The van der Waals surface area contributed by atoms with Crippen LogP contribution < -0.4 is 20.1 Å². The summed E-state index contributed by atoms with van der Waals surface area (Å²) < 4.78 is 16.1. The highest BCUT2D eigenvalue weighted by Crippen LogP contribution is 2.38. The van der Waals surface area contributed by atoms with Crippen LogP contribution in [0.1, 0.15) is 23.1 Å². The van der Waals surface area contributed by atoms with Crippen LogP contribution in [-0.2, 0) is 19.1 Å². The van der Waals surface area contributed by atoms with Crippen molar-refractivity contribution in [2.75, 3.05) is 31.7 Å². The van der Waals surface area contributed by atoms with Gasteiger partial charge in [-0.05, 0) is 48.7 Å². The van der Waals surface area contributed by atoms with E-state index in [1.165, 1.54) is 12.2 Å². The number of carbonyl (C=O) groups is 3. The van der Waals surface area contributed by atoms with E-state index in [1.807, 2.05) is 32.0 Å². The molecule has 0 atom stereocenters. The number of benzene rings is 2. The maximum absolute atomic E-state index is 12.1. The molecule has 2 amide bonds. The zero-order valence-corrected chi connectivity index (χ0v) is 19.2. The molecule has 174 valence electrons. The van der Waals surface area contributed by atoms with E-state index < -0.39 is 18.5 Å². The van der Waals surface area contributed by atoms with Crippen LogP contribution in [0.25, 0.3) is 6.08 Å². The molecule has 9 heteroatoms. The van der Waals surface area contributed by atoms with Gasteiger partial charge in [0.2, 0.25) is 5.91 Å². The summed E-state index contributed by atoms with van der Waals surface area (Å²) in [5.41, 5.74) is 3.17. The predicted octanol–water partition coefficient (Wildman–Crippen LogP) is 3.43. The van der Waals surface area contributed by atoms with Gasteiger partial charge in [-0.3, -0.25) is 9.59 Å². The third-order valence-corrected chi connectivity index (χ3v) is 5.05. The summed E-state index contributed by atoms with van der Waals surface area (Å²) in [4.78, 5) is 36.0. The molecule has 1 aliphatic rings. The Kier molecular flexibility index (Phi) is 8.32. The topological polar surface area (TPSA) is 103 Å². The van der Waals surface area contributed by atoms with Crippen LogP contribution >= 0.6 is 11.6 Å². The van der Waals surface area contributed by atoms with Gasteiger partial charge in [0.1, 0.15) is 0 Å². The second kappa shape index (κ2) is 11.4. The number of nitrogens with one attached hydrogen (secondary N) is 2. The molecule has 3 rings (SSSR count). The highest BCUT2D eigenvalue weighted by molar-refractivity contribution is 6.32. The van der Waals surface area contributed by atoms with Crippen molar-refractivity contribution < 1.29 is 28.6 Å². The Morgan fingerprint density at radius 2 is 1.82 bits per heavy atom. The van der Waals surface area contributed by atoms with Crippen LogP contribution in [-0.4, -0.2) is 44.1 Å². The van der Waals surface area contributed by atoms with Gasteiger partial charge in [0.05, 0.1) is 24.8 Å². The van der Waals surface area contributed by atoms with Gasteiger partial charge in [0.15, 0.2) is 18.1 Å². The quantitative estimate of drug-likeness (QED) is 0.472. The van der Waals surface area contributed by atoms with Gasteiger partial charge < -0.3 is 24.8 Å². The van der Waals surface area contributed by atoms with Gasteiger partial charge in [-0.15, -0.1) is 0 Å². The fourth-order valence-corrected chi connectivity index (χ4v) is 3.39. The SMILES string of the molecule is Cc1cccc(C)c1NC(=O)CNC(=O)COC(=O)C=Cc1cc(Cl)c2c(c1)OCCCO2. The second-order valence-corrected chi connectivity index (χ2v) is 7.82. The number of hydrogen-bond donors (Lipinski definition) is 2. The average molecular weight is 473 g/mol. The summed E-state index contributed by atoms with van der Waals surface area (Å²) in [6, 6.07) is 9.01. The Morgan fingerprint density at radius 3 is 2.58 bits per heavy atom. The van der Waals surface area contributed by atoms with Crippen LogP contribution in [0, 0.1) is 13.8 Å². The molecule has 0 saturated heterocycles. The monoisotopic (exact) mass is 472 g/mol. The van der Waals surface area contributed by atoms with Crippen molar-refractivity contribution in [1.29, 1.82) is 0 Å². The second-order valence-electron chi connectivity index (χ2n) is 7.41. The van der Waals surface area contributed by atoms with E-state index in [4.69, 9.17) is 25.8 Å². The highest BCUT2D eigenvalue weighted by atomic mass is 35.5. The predicted molar refractivity (Wildman–Crippen MR) is 125 cm³/mol. The molecule has 0 aromatic heterocycles. The standard InChI is InChI=1S/C24H25ClN2O6/c1-15-5-3-6-16(2)23(15)27-20(28)13-26-21(29)14-33-22(30)8-7-17-11-18(25)24-19(12-17)31-9-4-10-32-24/h3,5-8,11-12H,4,9-10,13-14H2,1-2H3,(H,26,29)(H,27,28). The molecule has 1 aliphatic heterocycles. The van der Waals surface area contributed by atoms with Crippen molar-refractivity contribution in [3.05, 3.63) is 58.1 Å². The van der Waals surface area contributed by atoms with Crippen molar-refractivity contribution >= 4 is 41.1 Å². The van der Waals surface area contributed by atoms with E-state index in [2.05, 4.69) is 10.6 Å². The smallest absolute Gasteiger partial charge is 0.331 e. The molecule has 33 heavy (non-hydrogen) atoms. The third kappa shape index (κ3) is 6.98. The average Bonchev–Trinajstić information content (AvgIpc) is 3.03. The lowest BCUT2D eigenvalue weighted by Crippen LogP contribution is -2.35. The van der Waals surface area contributed by atoms with Crippen LogP contribution in [0.15, 0.2) is 36.4 Å². The Hall–Kier alpha value is -3.52. The number of hydrogen-bond acceptors (Lipinski definition) is 6. The van der Waals surface area contributed by atoms with Gasteiger partial charge in [0.25, 0.3) is 5.91 Å². The first-order valence-electron chi connectivity index (χ1n) is 10.4. The number of anilines is 1. The maximum Gasteiger partial charge on any atom is 0.331 e. The van der Waals surface area contributed by atoms with Crippen LogP contribution in [0.4, 0.5) is 5.69 Å². The summed E-state index contributed by atoms with van der Waals surface area (Å²) in [5, 5.41) is 5.56. The molecular formula is C24H25ClN2O6. The third-order valence-electron chi connectivity index (χ3n) is 4.77. The number of aryl methyl sites for hydroxylation is 2. The summed E-state index contributed by atoms with van der Waals surface area (Å²) in [5.74, 6) is -0.697. The minimum atomic E-state index is -0.714. The van der Waals surface area contributed by atoms with E-state index in [9.17, 15) is 14.4 Å². The summed E-state index contributed by atoms with van der Waals surface area (Å²) in [6.07, 6.45) is 3.42. The number of fused-ring (bicyclic) bond motifs is 1. The highest BCUT2D eigenvalue weighted by Gasteiger charge is 2.15. The minimum absolute atomic E-state index is 0.240. The molecule has 2 aromatic carbocycles. The molecule has 0 saturated carbocycles. The lowest BCUT2D eigenvalue weighted by Gasteiger charge is -2.12. The van der Waals surface area contributed by atoms with E-state index in [0.717, 1.165) is 17.5 Å². The van der Waals surface area contributed by atoms with Gasteiger partial charge in [0, 0.05) is 18.2 Å². The first-order chi connectivity index (χ1) is 15.8. The molecule has 0 aliphatic carbocycles. The summed E-state index contributed by atoms with van der Waals surface area (Å²) >= 11 is 6.23. The summed E-state index contributed by atoms with van der Waals surface area (Å²) in [6.45, 7) is 4.04. The number of amides is 2. The van der Waals surface area contributed by atoms with Crippen molar-refractivity contribution in [3.8, 4) is 11.5 Å². The van der Waals surface area contributed by atoms with Gasteiger partial charge in [-0.2, -0.15) is 0 Å². The van der Waals surface area contributed by atoms with Gasteiger partial charge >= 0.3 is 5.97 Å². The molecule has 2 aromatic rings. The van der Waals surface area contributed by atoms with Crippen molar-refractivity contribution in [3.63, 3.8) is 0 Å². The molecule has 2 N–H and O–H groups in total. The maximum atomic E-state index is 12.1. The number of para-hydroxylation sites is 1. The lowest BCUT2D eigenvalue weighted by atomic mass is 10.1. The molecule has 8 nitrogen and oxygen atoms in total. The van der Waals surface area contributed by atoms with Gasteiger partial charge in [-0.1, -0.05) is 29.8 Å². The first kappa shape index (κ1) is 24.1. The Labute approximate surface area is 196 Å². The zero-order valence-electron chi connectivity index (χ0n) is 18.4. The molecule has 0 bridgehead atoms. The van der Waals surface area contributed by atoms with Crippen molar-refractivity contribution in [1.82, 2.24) is 5.32 Å². The molecular weight excluding hydrogens is 448 g/mol. The number of rotatable bonds is 7. The fraction of sp³-hybridized carbons (Fsp3) is 0.292. The lowest BCUT2D eigenvalue weighted by molar-refractivity contribution is -0.143. The van der Waals surface area contributed by atoms with Crippen LogP contribution in [0.2, 0.25) is 5.02 Å². The largest absolute Gasteiger partial charge is 0.489 e. The number of halogens is 1. The first-order valence-corrected chi connectivity index (χ1v) is 10.8. The molecule has 1 heterocycles. The summed E-state index contributed by atoms with van der Waals surface area (Å²) in [7, 11) is 0. The number of ether oxygens (including phenoxy) is 3.